The summed E-state index contributed by atoms with van der Waals surface area (Å²) in [6.45, 7) is 3.80. The molecule has 126 valence electrons. The molecule has 0 amide bonds. The number of hydrogen-bond donors (Lipinski definition) is 4. The van der Waals surface area contributed by atoms with Crippen molar-refractivity contribution in [2.75, 3.05) is 5.12 Å². The molecule has 0 fully saturated rings. The number of hydrazone groups is 1. The van der Waals surface area contributed by atoms with Gasteiger partial charge in [-0.2, -0.15) is 15.6 Å². The number of nitrogens with zero attached hydrogens (tertiary/aromatic N) is 3. The molecular weight excluding hydrogens is 312 g/mol. The molecule has 9 heteroatoms. The van der Waals surface area contributed by atoms with E-state index in [1.54, 1.807) is 20.0 Å². The zero-order valence-corrected chi connectivity index (χ0v) is 13.3. The van der Waals surface area contributed by atoms with Crippen LogP contribution >= 0.6 is 0 Å². The number of H-pyrrole nitrogens is 1. The Kier molecular flexibility index (Phi) is 3.94. The van der Waals surface area contributed by atoms with Crippen molar-refractivity contribution in [1.29, 1.82) is 0 Å². The number of aromatic nitrogens is 1. The molecule has 2 aromatic rings. The van der Waals surface area contributed by atoms with E-state index in [1.807, 2.05) is 18.2 Å². The Morgan fingerprint density at radius 2 is 2.29 bits per heavy atom. The van der Waals surface area contributed by atoms with E-state index in [9.17, 15) is 14.8 Å². The zero-order valence-electron chi connectivity index (χ0n) is 13.3. The number of carboxylic acids is 1. The average molecular weight is 330 g/mol. The van der Waals surface area contributed by atoms with Crippen LogP contribution in [0.5, 0.6) is 0 Å². The summed E-state index contributed by atoms with van der Waals surface area (Å²) >= 11 is 0. The Morgan fingerprint density at radius 1 is 1.50 bits per heavy atom. The molecule has 1 atom stereocenters. The molecule has 3 rings (SSSR count). The van der Waals surface area contributed by atoms with E-state index in [-0.39, 0.29) is 0 Å². The molecular formula is C15H18N6O3. The van der Waals surface area contributed by atoms with Crippen LogP contribution in [0, 0.1) is 4.91 Å². The van der Waals surface area contributed by atoms with Crippen LogP contribution < -0.4 is 16.0 Å². The maximum Gasteiger partial charge on any atom is 0.331 e. The second-order valence-electron chi connectivity index (χ2n) is 5.64. The molecule has 0 bridgehead atoms. The number of aliphatic carboxylic acids is 1. The maximum absolute atomic E-state index is 11.7. The van der Waals surface area contributed by atoms with E-state index in [2.05, 4.69) is 26.2 Å². The van der Waals surface area contributed by atoms with Gasteiger partial charge in [0, 0.05) is 22.4 Å². The number of anilines is 1. The summed E-state index contributed by atoms with van der Waals surface area (Å²) in [6, 6.07) is 5.60. The molecule has 4 N–H and O–H groups in total. The van der Waals surface area contributed by atoms with Crippen LogP contribution in [0.3, 0.4) is 0 Å². The Morgan fingerprint density at radius 3 is 2.92 bits per heavy atom. The van der Waals surface area contributed by atoms with Crippen molar-refractivity contribution in [1.82, 2.24) is 15.8 Å². The van der Waals surface area contributed by atoms with E-state index < -0.39 is 11.5 Å². The lowest BCUT2D eigenvalue weighted by molar-refractivity contribution is -0.141. The van der Waals surface area contributed by atoms with Gasteiger partial charge in [0.25, 0.3) is 0 Å². The molecule has 2 heterocycles. The molecule has 0 saturated carbocycles. The Hall–Kier alpha value is -2.94. The fraction of sp³-hybridized carbons (Fsp3) is 0.333. The summed E-state index contributed by atoms with van der Waals surface area (Å²) in [7, 11) is 0. The van der Waals surface area contributed by atoms with Crippen LogP contribution in [0.15, 0.2) is 34.8 Å². The topological polar surface area (TPSA) is 122 Å². The third-order valence-corrected chi connectivity index (χ3v) is 4.39. The number of carbonyl (C=O) groups is 1. The molecule has 1 aliphatic rings. The summed E-state index contributed by atoms with van der Waals surface area (Å²) in [5.41, 5.74) is 7.16. The molecule has 9 nitrogen and oxygen atoms in total. The van der Waals surface area contributed by atoms with Gasteiger partial charge in [-0.05, 0) is 37.1 Å². The fourth-order valence-electron chi connectivity index (χ4n) is 2.89. The van der Waals surface area contributed by atoms with Crippen LogP contribution in [0.4, 0.5) is 5.69 Å². The Labute approximate surface area is 137 Å². The predicted octanol–water partition coefficient (Wildman–Crippen LogP) is 1.87. The number of nitroso groups, excluding NO2 is 1. The van der Waals surface area contributed by atoms with Gasteiger partial charge in [0.05, 0.1) is 17.9 Å². The van der Waals surface area contributed by atoms with Crippen LogP contribution in [0.2, 0.25) is 0 Å². The minimum absolute atomic E-state index is 0.302. The van der Waals surface area contributed by atoms with Crippen LogP contribution in [-0.4, -0.2) is 27.3 Å². The van der Waals surface area contributed by atoms with Crippen molar-refractivity contribution >= 4 is 28.3 Å². The normalized spacial score (nSPS) is 20.2. The first kappa shape index (κ1) is 15.9. The van der Waals surface area contributed by atoms with Gasteiger partial charge in [-0.25, -0.2) is 4.79 Å². The number of nitrogens with one attached hydrogen (secondary N) is 3. The Bertz CT molecular complexity index is 830. The largest absolute Gasteiger partial charge is 0.480 e. The van der Waals surface area contributed by atoms with Gasteiger partial charge in [0.1, 0.15) is 0 Å². The fourth-order valence-corrected chi connectivity index (χ4v) is 2.89. The highest BCUT2D eigenvalue weighted by atomic mass is 16.4. The van der Waals surface area contributed by atoms with Crippen molar-refractivity contribution in [3.63, 3.8) is 0 Å². The van der Waals surface area contributed by atoms with E-state index in [0.717, 1.165) is 16.5 Å². The highest BCUT2D eigenvalue weighted by molar-refractivity contribution is 6.11. The molecule has 0 spiro atoms. The van der Waals surface area contributed by atoms with Crippen LogP contribution in [0.25, 0.3) is 10.9 Å². The molecule has 0 saturated heterocycles. The number of aromatic amines is 1. The highest BCUT2D eigenvalue weighted by Gasteiger charge is 2.46. The second kappa shape index (κ2) is 5.93. The third-order valence-electron chi connectivity index (χ3n) is 4.39. The maximum atomic E-state index is 11.7. The molecule has 1 aromatic carbocycles. The molecule has 1 aliphatic heterocycles. The summed E-state index contributed by atoms with van der Waals surface area (Å²) < 4.78 is 0. The van der Waals surface area contributed by atoms with Crippen LogP contribution in [0.1, 0.15) is 25.8 Å². The van der Waals surface area contributed by atoms with Gasteiger partial charge in [-0.1, -0.05) is 6.92 Å². The van der Waals surface area contributed by atoms with Gasteiger partial charge in [0.15, 0.2) is 5.54 Å². The van der Waals surface area contributed by atoms with Crippen molar-refractivity contribution in [3.8, 4) is 0 Å². The van der Waals surface area contributed by atoms with Gasteiger partial charge in [-0.3, -0.25) is 5.43 Å². The van der Waals surface area contributed by atoms with E-state index in [4.69, 9.17) is 0 Å². The predicted molar refractivity (Wildman–Crippen MR) is 90.3 cm³/mol. The van der Waals surface area contributed by atoms with Gasteiger partial charge >= 0.3 is 5.97 Å². The highest BCUT2D eigenvalue weighted by Crippen LogP contribution is 2.29. The lowest BCUT2D eigenvalue weighted by Crippen LogP contribution is -2.56. The molecule has 0 radical (unpaired) electrons. The number of carboxylic acid groups (broad SMARTS) is 1. The van der Waals surface area contributed by atoms with Crippen molar-refractivity contribution in [2.45, 2.75) is 32.4 Å². The lowest BCUT2D eigenvalue weighted by atomic mass is 9.92. The third kappa shape index (κ3) is 2.38. The quantitative estimate of drug-likeness (QED) is 0.474. The average Bonchev–Trinajstić information content (AvgIpc) is 3.13. The molecule has 24 heavy (non-hydrogen) atoms. The number of benzene rings is 1. The van der Waals surface area contributed by atoms with Gasteiger partial charge in [0.2, 0.25) is 0 Å². The summed E-state index contributed by atoms with van der Waals surface area (Å²) in [4.78, 5) is 25.0. The van der Waals surface area contributed by atoms with Crippen molar-refractivity contribution in [3.05, 3.63) is 34.9 Å². The molecule has 0 aliphatic carbocycles. The van der Waals surface area contributed by atoms with Gasteiger partial charge in [-0.15, -0.1) is 4.91 Å². The lowest BCUT2D eigenvalue weighted by Gasteiger charge is -2.25. The number of rotatable bonds is 6. The smallest absolute Gasteiger partial charge is 0.331 e. The summed E-state index contributed by atoms with van der Waals surface area (Å²) in [5.74, 6) is -0.960. The van der Waals surface area contributed by atoms with Crippen LogP contribution in [-0.2, 0) is 11.3 Å². The summed E-state index contributed by atoms with van der Waals surface area (Å²) in [5, 5.41) is 18.9. The standard InChI is InChI=1S/C15H18N6O3/c1-3-15(14(22)23)9(2)18-21(19-15)11-4-5-13-12(6-11)10(7-16-13)8-17-20-24/h4-7,16,19H,3,8H2,1-2H3,(H,17,24)(H,22,23). The van der Waals surface area contributed by atoms with E-state index in [1.165, 1.54) is 5.12 Å². The first-order chi connectivity index (χ1) is 11.5. The summed E-state index contributed by atoms with van der Waals surface area (Å²) in [6.07, 6.45) is 2.17. The number of hydrazine groups is 1. The monoisotopic (exact) mass is 330 g/mol. The molecule has 1 unspecified atom stereocenters. The second-order valence-corrected chi connectivity index (χ2v) is 5.64. The minimum Gasteiger partial charge on any atom is -0.480 e. The zero-order chi connectivity index (χ0) is 17.3. The minimum atomic E-state index is -1.20. The molecule has 1 aromatic heterocycles. The number of hydrogen-bond acceptors (Lipinski definition) is 6. The van der Waals surface area contributed by atoms with Crippen molar-refractivity contribution < 1.29 is 9.90 Å². The Balaban J connectivity index is 1.96. The first-order valence-corrected chi connectivity index (χ1v) is 7.54. The first-order valence-electron chi connectivity index (χ1n) is 7.54. The van der Waals surface area contributed by atoms with Gasteiger partial charge < -0.3 is 10.1 Å². The van der Waals surface area contributed by atoms with E-state index >= 15 is 0 Å². The van der Waals surface area contributed by atoms with Crippen molar-refractivity contribution in [2.24, 2.45) is 10.4 Å². The van der Waals surface area contributed by atoms with E-state index in [0.29, 0.717) is 24.4 Å². The SMILES string of the molecule is CCC1(C(=O)O)NN(c2ccc3[nH]cc(CNN=O)c3c2)N=C1C. The number of fused-ring (bicyclic) bond motifs is 1.